The Balaban J connectivity index is 2.29. The molecule has 0 aliphatic carbocycles. The Bertz CT molecular complexity index is 632. The first kappa shape index (κ1) is 15.6. The Morgan fingerprint density at radius 3 is 2.38 bits per heavy atom. The fourth-order valence-electron chi connectivity index (χ4n) is 1.82. The minimum atomic E-state index is 0.258. The summed E-state index contributed by atoms with van der Waals surface area (Å²) in [7, 11) is 3.22. The fraction of sp³-hybridized carbons (Fsp3) is 0.333. The number of methoxy groups -OCH3 is 2. The predicted molar refractivity (Wildman–Crippen MR) is 86.6 cm³/mol. The molecule has 0 spiro atoms. The second-order valence-corrected chi connectivity index (χ2v) is 5.60. The quantitative estimate of drug-likeness (QED) is 0.821. The van der Waals surface area contributed by atoms with Crippen LogP contribution in [0.4, 0.5) is 11.5 Å². The van der Waals surface area contributed by atoms with Gasteiger partial charge >= 0.3 is 0 Å². The number of ether oxygens (including phenoxy) is 2. The van der Waals surface area contributed by atoms with E-state index in [1.54, 1.807) is 14.2 Å². The number of anilines is 2. The molecule has 1 heterocycles. The first-order valence-corrected chi connectivity index (χ1v) is 7.36. The van der Waals surface area contributed by atoms with Crippen molar-refractivity contribution >= 4 is 27.4 Å². The molecule has 0 saturated heterocycles. The number of benzene rings is 1. The third-order valence-electron chi connectivity index (χ3n) is 2.88. The van der Waals surface area contributed by atoms with Crippen LogP contribution in [0.1, 0.15) is 25.6 Å². The van der Waals surface area contributed by atoms with E-state index in [0.29, 0.717) is 11.5 Å². The maximum absolute atomic E-state index is 5.29. The van der Waals surface area contributed by atoms with Crippen LogP contribution in [0.5, 0.6) is 11.5 Å². The highest BCUT2D eigenvalue weighted by Gasteiger charge is 2.09. The van der Waals surface area contributed by atoms with Gasteiger partial charge in [-0.2, -0.15) is 0 Å². The van der Waals surface area contributed by atoms with Crippen molar-refractivity contribution in [1.82, 2.24) is 9.97 Å². The average Bonchev–Trinajstić information content (AvgIpc) is 2.46. The zero-order valence-electron chi connectivity index (χ0n) is 12.5. The topological polar surface area (TPSA) is 56.3 Å². The first-order chi connectivity index (χ1) is 10.0. The zero-order chi connectivity index (χ0) is 15.4. The SMILES string of the molecule is COc1ccc(Nc2cc(Br)nc(C(C)C)n2)cc1OC. The zero-order valence-corrected chi connectivity index (χ0v) is 14.1. The second kappa shape index (κ2) is 6.76. The standard InChI is InChI=1S/C15H18BrN3O2/c1-9(2)15-18-13(16)8-14(19-15)17-10-5-6-11(20-3)12(7-10)21-4/h5-9H,1-4H3,(H,17,18,19). The molecule has 0 saturated carbocycles. The van der Waals surface area contributed by atoms with Gasteiger partial charge in [0.2, 0.25) is 0 Å². The van der Waals surface area contributed by atoms with Crippen molar-refractivity contribution in [3.05, 3.63) is 34.7 Å². The molecule has 1 aromatic heterocycles. The van der Waals surface area contributed by atoms with Crippen LogP contribution in [0.25, 0.3) is 0 Å². The molecule has 2 aromatic rings. The highest BCUT2D eigenvalue weighted by Crippen LogP contribution is 2.31. The van der Waals surface area contributed by atoms with Gasteiger partial charge < -0.3 is 14.8 Å². The summed E-state index contributed by atoms with van der Waals surface area (Å²) in [6, 6.07) is 7.46. The third kappa shape index (κ3) is 3.85. The van der Waals surface area contributed by atoms with E-state index in [4.69, 9.17) is 9.47 Å². The van der Waals surface area contributed by atoms with E-state index in [0.717, 1.165) is 21.9 Å². The summed E-state index contributed by atoms with van der Waals surface area (Å²) in [5.41, 5.74) is 0.868. The molecule has 1 N–H and O–H groups in total. The molecule has 21 heavy (non-hydrogen) atoms. The maximum atomic E-state index is 5.29. The summed E-state index contributed by atoms with van der Waals surface area (Å²) in [6.07, 6.45) is 0. The molecule has 0 atom stereocenters. The monoisotopic (exact) mass is 351 g/mol. The van der Waals surface area contributed by atoms with Crippen LogP contribution in [0.3, 0.4) is 0 Å². The minimum Gasteiger partial charge on any atom is -0.493 e. The molecule has 0 radical (unpaired) electrons. The largest absolute Gasteiger partial charge is 0.493 e. The highest BCUT2D eigenvalue weighted by atomic mass is 79.9. The number of halogens is 1. The molecular formula is C15H18BrN3O2. The second-order valence-electron chi connectivity index (χ2n) is 4.78. The summed E-state index contributed by atoms with van der Waals surface area (Å²) in [4.78, 5) is 8.86. The van der Waals surface area contributed by atoms with Gasteiger partial charge in [0, 0.05) is 23.7 Å². The Kier molecular flexibility index (Phi) is 5.01. The van der Waals surface area contributed by atoms with E-state index in [1.807, 2.05) is 24.3 Å². The lowest BCUT2D eigenvalue weighted by Gasteiger charge is -2.12. The molecule has 0 aliphatic rings. The van der Waals surface area contributed by atoms with Gasteiger partial charge in [0.05, 0.1) is 14.2 Å². The lowest BCUT2D eigenvalue weighted by atomic mass is 10.2. The molecule has 6 heteroatoms. The molecule has 0 amide bonds. The van der Waals surface area contributed by atoms with Gasteiger partial charge in [-0.05, 0) is 28.1 Å². The number of hydrogen-bond donors (Lipinski definition) is 1. The van der Waals surface area contributed by atoms with Crippen molar-refractivity contribution in [2.24, 2.45) is 0 Å². The summed E-state index contributed by atoms with van der Waals surface area (Å²) in [5, 5.41) is 3.25. The molecule has 1 aromatic carbocycles. The normalized spacial score (nSPS) is 10.6. The van der Waals surface area contributed by atoms with E-state index >= 15 is 0 Å². The van der Waals surface area contributed by atoms with Crippen molar-refractivity contribution < 1.29 is 9.47 Å². The molecule has 0 fully saturated rings. The van der Waals surface area contributed by atoms with E-state index in [9.17, 15) is 0 Å². The highest BCUT2D eigenvalue weighted by molar-refractivity contribution is 9.10. The summed E-state index contributed by atoms with van der Waals surface area (Å²) in [6.45, 7) is 4.12. The fourth-order valence-corrected chi connectivity index (χ4v) is 2.22. The molecule has 0 bridgehead atoms. The van der Waals surface area contributed by atoms with Gasteiger partial charge in [-0.15, -0.1) is 0 Å². The van der Waals surface area contributed by atoms with Gasteiger partial charge in [-0.1, -0.05) is 13.8 Å². The Labute approximate surface area is 132 Å². The average molecular weight is 352 g/mol. The summed E-state index contributed by atoms with van der Waals surface area (Å²) in [5.74, 6) is 3.13. The molecule has 0 aliphatic heterocycles. The number of hydrogen-bond acceptors (Lipinski definition) is 5. The predicted octanol–water partition coefficient (Wildman–Crippen LogP) is 4.12. The van der Waals surface area contributed by atoms with Crippen LogP contribution in [-0.4, -0.2) is 24.2 Å². The van der Waals surface area contributed by atoms with Crippen LogP contribution in [0.15, 0.2) is 28.9 Å². The van der Waals surface area contributed by atoms with Gasteiger partial charge in [0.1, 0.15) is 16.2 Å². The van der Waals surface area contributed by atoms with Crippen LogP contribution < -0.4 is 14.8 Å². The number of rotatable bonds is 5. The van der Waals surface area contributed by atoms with Crippen molar-refractivity contribution in [2.75, 3.05) is 19.5 Å². The molecule has 2 rings (SSSR count). The number of aromatic nitrogens is 2. The molecule has 0 unspecified atom stereocenters. The van der Waals surface area contributed by atoms with Gasteiger partial charge in [-0.3, -0.25) is 0 Å². The van der Waals surface area contributed by atoms with Crippen molar-refractivity contribution in [3.8, 4) is 11.5 Å². The summed E-state index contributed by atoms with van der Waals surface area (Å²) < 4.78 is 11.3. The third-order valence-corrected chi connectivity index (χ3v) is 3.29. The molecular weight excluding hydrogens is 334 g/mol. The van der Waals surface area contributed by atoms with Crippen LogP contribution in [0, 0.1) is 0 Å². The van der Waals surface area contributed by atoms with Crippen molar-refractivity contribution in [2.45, 2.75) is 19.8 Å². The van der Waals surface area contributed by atoms with E-state index in [2.05, 4.69) is 45.1 Å². The minimum absolute atomic E-state index is 0.258. The van der Waals surface area contributed by atoms with E-state index in [1.165, 1.54) is 0 Å². The Hall–Kier alpha value is -1.82. The van der Waals surface area contributed by atoms with Gasteiger partial charge in [0.25, 0.3) is 0 Å². The van der Waals surface area contributed by atoms with Crippen molar-refractivity contribution in [1.29, 1.82) is 0 Å². The number of nitrogens with zero attached hydrogens (tertiary/aromatic N) is 2. The van der Waals surface area contributed by atoms with Crippen LogP contribution in [0.2, 0.25) is 0 Å². The molecule has 5 nitrogen and oxygen atoms in total. The van der Waals surface area contributed by atoms with Crippen LogP contribution in [-0.2, 0) is 0 Å². The summed E-state index contributed by atoms with van der Waals surface area (Å²) >= 11 is 3.41. The maximum Gasteiger partial charge on any atom is 0.162 e. The van der Waals surface area contributed by atoms with Crippen molar-refractivity contribution in [3.63, 3.8) is 0 Å². The molecule has 112 valence electrons. The van der Waals surface area contributed by atoms with Gasteiger partial charge in [0.15, 0.2) is 11.5 Å². The van der Waals surface area contributed by atoms with E-state index in [-0.39, 0.29) is 5.92 Å². The first-order valence-electron chi connectivity index (χ1n) is 6.57. The number of nitrogens with one attached hydrogen (secondary N) is 1. The Morgan fingerprint density at radius 2 is 1.76 bits per heavy atom. The smallest absolute Gasteiger partial charge is 0.162 e. The van der Waals surface area contributed by atoms with Gasteiger partial charge in [-0.25, -0.2) is 9.97 Å². The lowest BCUT2D eigenvalue weighted by molar-refractivity contribution is 0.355. The van der Waals surface area contributed by atoms with E-state index < -0.39 is 0 Å². The Morgan fingerprint density at radius 1 is 1.05 bits per heavy atom. The van der Waals surface area contributed by atoms with Crippen LogP contribution >= 0.6 is 15.9 Å². The lowest BCUT2D eigenvalue weighted by Crippen LogP contribution is -2.02.